The van der Waals surface area contributed by atoms with E-state index in [0.29, 0.717) is 24.1 Å². The summed E-state index contributed by atoms with van der Waals surface area (Å²) in [4.78, 5) is -2.50. The molecule has 0 aromatic heterocycles. The first-order chi connectivity index (χ1) is 38.4. The van der Waals surface area contributed by atoms with Gasteiger partial charge in [-0.25, -0.2) is 15.8 Å². The molecule has 0 unspecified atom stereocenters. The SMILES string of the molecule is COc1ccc(S(=O)(=O)O)cc1N=Nc1c(S(=O)(=O)O)cc2ccc(N=Nc3c(S(=O)(=O)O)cc4cc(SOOO)c(N=Nc5ccc6c(O)c(N=Nc7ccc(Cl)c(SOOO)c7)c(SOOO)cc6c5)c(O)c4c3N)cc2c1O. The van der Waals surface area contributed by atoms with E-state index in [1.165, 1.54) is 61.7 Å². The van der Waals surface area contributed by atoms with Crippen LogP contribution in [0, 0.1) is 0 Å². The van der Waals surface area contributed by atoms with E-state index < -0.39 is 85.0 Å². The fourth-order valence-corrected chi connectivity index (χ4v) is 10.8. The molecule has 8 aromatic rings. The molecule has 0 aliphatic carbocycles. The Labute approximate surface area is 470 Å². The average molecular weight is 1250 g/mol. The molecule has 0 saturated heterocycles. The number of halogens is 1. The third-order valence-electron chi connectivity index (χ3n) is 10.8. The molecule has 0 heterocycles. The number of ether oxygens (including phenoxy) is 1. The van der Waals surface area contributed by atoms with Crippen molar-refractivity contribution in [3.8, 4) is 23.0 Å². The number of hydrogen-bond donors (Lipinski definition) is 10. The number of hydrogen-bond acceptors (Lipinski definition) is 31. The number of nitrogens with two attached hydrogens (primary N) is 1. The van der Waals surface area contributed by atoms with Crippen molar-refractivity contribution in [2.24, 2.45) is 40.9 Å². The fourth-order valence-electron chi connectivity index (χ4n) is 7.33. The fraction of sp³-hybridized carbons (Fsp3) is 0.0233. The van der Waals surface area contributed by atoms with Crippen LogP contribution < -0.4 is 10.5 Å². The number of fused-ring (bicyclic) bond motifs is 3. The van der Waals surface area contributed by atoms with E-state index in [0.717, 1.165) is 42.5 Å². The van der Waals surface area contributed by atoms with E-state index >= 15 is 0 Å². The van der Waals surface area contributed by atoms with Crippen LogP contribution in [-0.2, 0) is 58.5 Å². The number of nitrogens with zero attached hydrogens (tertiary/aromatic N) is 8. The van der Waals surface area contributed by atoms with E-state index in [1.54, 1.807) is 0 Å². The molecular formula is C43H30ClN9O22S6. The number of aromatic hydroxyl groups is 3. The largest absolute Gasteiger partial charge is 0.505 e. The van der Waals surface area contributed by atoms with Crippen molar-refractivity contribution < 1.29 is 103 Å². The molecule has 0 atom stereocenters. The van der Waals surface area contributed by atoms with Crippen LogP contribution in [0.15, 0.2) is 167 Å². The van der Waals surface area contributed by atoms with Crippen LogP contribution in [0.3, 0.4) is 0 Å². The number of nitrogen functional groups attached to an aromatic ring is 1. The maximum atomic E-state index is 12.9. The summed E-state index contributed by atoms with van der Waals surface area (Å²) < 4.78 is 123. The average Bonchev–Trinajstić information content (AvgIpc) is 3.50. The summed E-state index contributed by atoms with van der Waals surface area (Å²) in [5.41, 5.74) is 3.24. The Kier molecular flexibility index (Phi) is 18.3. The highest BCUT2D eigenvalue weighted by Gasteiger charge is 2.27. The highest BCUT2D eigenvalue weighted by Crippen LogP contribution is 2.51. The zero-order valence-corrected chi connectivity index (χ0v) is 45.2. The van der Waals surface area contributed by atoms with E-state index in [2.05, 4.69) is 69.0 Å². The van der Waals surface area contributed by atoms with Crippen LogP contribution in [-0.4, -0.2) is 77.1 Å². The summed E-state index contributed by atoms with van der Waals surface area (Å²) in [6.07, 6.45) is 0. The molecule has 0 fully saturated rings. The highest BCUT2D eigenvalue weighted by molar-refractivity contribution is 7.95. The van der Waals surface area contributed by atoms with Crippen molar-refractivity contribution in [2.75, 3.05) is 12.8 Å². The minimum atomic E-state index is -5.25. The molecule has 0 saturated carbocycles. The summed E-state index contributed by atoms with van der Waals surface area (Å²) in [5.74, 6) is -2.33. The number of phenols is 3. The van der Waals surface area contributed by atoms with E-state index in [9.17, 15) is 54.2 Å². The van der Waals surface area contributed by atoms with Gasteiger partial charge in [0.1, 0.15) is 44.0 Å². The second kappa shape index (κ2) is 24.8. The van der Waals surface area contributed by atoms with Crippen LogP contribution in [0.2, 0.25) is 5.02 Å². The maximum absolute atomic E-state index is 12.9. The molecule has 0 radical (unpaired) electrons. The Morgan fingerprint density at radius 1 is 0.481 bits per heavy atom. The van der Waals surface area contributed by atoms with Crippen molar-refractivity contribution >= 4 is 162 Å². The summed E-state index contributed by atoms with van der Waals surface area (Å²) >= 11 is 7.36. The zero-order chi connectivity index (χ0) is 58.6. The molecule has 422 valence electrons. The summed E-state index contributed by atoms with van der Waals surface area (Å²) in [5, 5.41) is 104. The Morgan fingerprint density at radius 3 is 1.59 bits per heavy atom. The molecule has 11 N–H and O–H groups in total. The maximum Gasteiger partial charge on any atom is 0.296 e. The van der Waals surface area contributed by atoms with Crippen LogP contribution >= 0.6 is 47.7 Å². The molecule has 0 spiro atoms. The Bertz CT molecular complexity index is 4320. The van der Waals surface area contributed by atoms with Crippen LogP contribution in [0.1, 0.15) is 0 Å². The van der Waals surface area contributed by atoms with Gasteiger partial charge < -0.3 is 25.8 Å². The first kappa shape index (κ1) is 59.8. The molecule has 8 aromatic carbocycles. The lowest BCUT2D eigenvalue weighted by Crippen LogP contribution is -2.02. The van der Waals surface area contributed by atoms with Crippen molar-refractivity contribution in [1.29, 1.82) is 0 Å². The number of anilines is 1. The monoisotopic (exact) mass is 1250 g/mol. The molecule has 0 aliphatic heterocycles. The standard InChI is InChI=1S/C43H30ClN9O22S6/c1-69-29-9-6-24(79(60,61)62)17-28(29)49-53-40-34(81(66,67)68)13-18-2-3-22(15-26(18)42(40)55)47-52-39-33(80(63,64)65)14-20-12-32(78-75-72-59)38(43(56)35(20)36(39)45)51-46-21-4-7-25-19(10-21)11-31(77-74-71-58)37(41(25)54)50-48-23-5-8-27(44)30(16-23)76-73-70-57/h2-17,54-59H,45H2,1H3,(H,60,61,62)(H,63,64,65)(H,66,67,68). The van der Waals surface area contributed by atoms with Crippen molar-refractivity contribution in [3.05, 3.63) is 102 Å². The predicted octanol–water partition coefficient (Wildman–Crippen LogP) is 13.2. The smallest absolute Gasteiger partial charge is 0.296 e. The van der Waals surface area contributed by atoms with Gasteiger partial charge in [0.25, 0.3) is 30.4 Å². The lowest BCUT2D eigenvalue weighted by Gasteiger charge is -2.14. The van der Waals surface area contributed by atoms with Crippen LogP contribution in [0.5, 0.6) is 23.0 Å². The zero-order valence-electron chi connectivity index (χ0n) is 39.6. The van der Waals surface area contributed by atoms with Gasteiger partial charge in [0.05, 0.1) is 96.0 Å². The number of phenolic OH excluding ortho intramolecular Hbond substituents is 3. The van der Waals surface area contributed by atoms with Gasteiger partial charge in [-0.15, -0.1) is 38.6 Å². The van der Waals surface area contributed by atoms with Gasteiger partial charge in [-0.05, 0) is 107 Å². The quantitative estimate of drug-likeness (QED) is 0.00797. The minimum absolute atomic E-state index is 0.0285. The third kappa shape index (κ3) is 13.4. The predicted molar refractivity (Wildman–Crippen MR) is 284 cm³/mol. The summed E-state index contributed by atoms with van der Waals surface area (Å²) in [6, 6.07) is 19.2. The lowest BCUT2D eigenvalue weighted by molar-refractivity contribution is -0.432. The molecule has 0 bridgehead atoms. The Hall–Kier alpha value is -7.35. The number of benzene rings is 8. The van der Waals surface area contributed by atoms with Gasteiger partial charge in [0, 0.05) is 10.8 Å². The van der Waals surface area contributed by atoms with Gasteiger partial charge in [-0.3, -0.25) is 13.7 Å². The van der Waals surface area contributed by atoms with E-state index in [4.69, 9.17) is 37.8 Å². The van der Waals surface area contributed by atoms with E-state index in [1.807, 2.05) is 0 Å². The van der Waals surface area contributed by atoms with Crippen molar-refractivity contribution in [2.45, 2.75) is 29.4 Å². The second-order valence-corrected chi connectivity index (χ2v) is 22.4. The molecule has 31 nitrogen and oxygen atoms in total. The van der Waals surface area contributed by atoms with Gasteiger partial charge >= 0.3 is 0 Å². The van der Waals surface area contributed by atoms with Crippen LogP contribution in [0.25, 0.3) is 32.3 Å². The number of methoxy groups -OCH3 is 1. The van der Waals surface area contributed by atoms with Gasteiger partial charge in [0.2, 0.25) is 0 Å². The summed E-state index contributed by atoms with van der Waals surface area (Å²) in [6.45, 7) is 0. The molecule has 0 amide bonds. The number of azo groups is 4. The van der Waals surface area contributed by atoms with Crippen molar-refractivity contribution in [3.63, 3.8) is 0 Å². The van der Waals surface area contributed by atoms with Gasteiger partial charge in [-0.1, -0.05) is 32.8 Å². The topological polar surface area (TPSA) is 474 Å². The minimum Gasteiger partial charge on any atom is -0.505 e. The Balaban J connectivity index is 1.19. The van der Waals surface area contributed by atoms with Crippen molar-refractivity contribution in [1.82, 2.24) is 0 Å². The summed E-state index contributed by atoms with van der Waals surface area (Å²) in [7, 11) is -14.0. The molecule has 81 heavy (non-hydrogen) atoms. The first-order valence-corrected chi connectivity index (χ1v) is 28.1. The molecule has 0 aliphatic rings. The molecule has 38 heteroatoms. The third-order valence-corrected chi connectivity index (χ3v) is 15.7. The normalized spacial score (nSPS) is 12.7. The second-order valence-electron chi connectivity index (χ2n) is 15.6. The van der Waals surface area contributed by atoms with Gasteiger partial charge in [0.15, 0.2) is 17.2 Å². The Morgan fingerprint density at radius 2 is 0.988 bits per heavy atom. The highest BCUT2D eigenvalue weighted by atomic mass is 35.5. The van der Waals surface area contributed by atoms with Crippen LogP contribution in [0.4, 0.5) is 51.2 Å². The molecular weight excluding hydrogens is 1220 g/mol. The van der Waals surface area contributed by atoms with Gasteiger partial charge in [-0.2, -0.15) is 40.6 Å². The van der Waals surface area contributed by atoms with E-state index in [-0.39, 0.29) is 98.3 Å². The number of rotatable bonds is 21. The lowest BCUT2D eigenvalue weighted by atomic mass is 10.0. The molecule has 8 rings (SSSR count). The first-order valence-electron chi connectivity index (χ1n) is 21.2.